The van der Waals surface area contributed by atoms with Gasteiger partial charge in [-0.05, 0) is 49.2 Å². The molecule has 2 amide bonds. The van der Waals surface area contributed by atoms with Crippen LogP contribution in [0.25, 0.3) is 0 Å². The Morgan fingerprint density at radius 1 is 1.18 bits per heavy atom. The standard InChI is InChI=1S/C24H24F4N4O2/c1-3-11-30-21-18(13(2)29)19(14-7-9-17(25)10-8-14)20(23(34)32-21)31-22(33)15-5-4-6-16(12-15)24(26,27)28/h4-10,12,19-20H,3,11,29H2,1-2H3,(H,31,33)(H,30,32,34)/b18-13-. The summed E-state index contributed by atoms with van der Waals surface area (Å²) in [5.41, 5.74) is 6.13. The van der Waals surface area contributed by atoms with Crippen molar-refractivity contribution in [2.75, 3.05) is 6.54 Å². The smallest absolute Gasteiger partial charge is 0.402 e. The molecule has 1 fully saturated rings. The zero-order chi connectivity index (χ0) is 25.0. The first-order valence-corrected chi connectivity index (χ1v) is 10.6. The molecule has 0 aromatic heterocycles. The summed E-state index contributed by atoms with van der Waals surface area (Å²) in [6, 6.07) is 7.99. The van der Waals surface area contributed by atoms with E-state index in [1.807, 2.05) is 6.92 Å². The van der Waals surface area contributed by atoms with Crippen LogP contribution in [-0.2, 0) is 11.0 Å². The fourth-order valence-corrected chi connectivity index (χ4v) is 3.75. The summed E-state index contributed by atoms with van der Waals surface area (Å²) in [6.07, 6.45) is -3.93. The highest BCUT2D eigenvalue weighted by Crippen LogP contribution is 2.34. The van der Waals surface area contributed by atoms with Crippen LogP contribution in [0.4, 0.5) is 17.6 Å². The molecule has 1 aliphatic rings. The number of piperidine rings is 1. The summed E-state index contributed by atoms with van der Waals surface area (Å²) in [7, 11) is 0. The maximum Gasteiger partial charge on any atom is 0.416 e. The number of carbonyl (C=O) groups is 2. The number of amidine groups is 1. The van der Waals surface area contributed by atoms with Crippen LogP contribution in [-0.4, -0.2) is 30.2 Å². The number of benzene rings is 2. The maximum atomic E-state index is 13.6. The average Bonchev–Trinajstić information content (AvgIpc) is 2.78. The molecule has 0 aliphatic carbocycles. The Labute approximate surface area is 193 Å². The summed E-state index contributed by atoms with van der Waals surface area (Å²) in [5.74, 6) is -2.59. The summed E-state index contributed by atoms with van der Waals surface area (Å²) in [4.78, 5) is 30.4. The molecule has 180 valence electrons. The van der Waals surface area contributed by atoms with Crippen LogP contribution in [0.1, 0.15) is 47.7 Å². The highest BCUT2D eigenvalue weighted by atomic mass is 19.4. The molecule has 6 nitrogen and oxygen atoms in total. The number of nitrogens with two attached hydrogens (primary N) is 1. The highest BCUT2D eigenvalue weighted by molar-refractivity contribution is 6.15. The maximum absolute atomic E-state index is 13.6. The normalized spacial score (nSPS) is 21.2. The minimum absolute atomic E-state index is 0.241. The third-order valence-corrected chi connectivity index (χ3v) is 5.31. The Kier molecular flexibility index (Phi) is 7.38. The number of allylic oxidation sites excluding steroid dienone is 1. The number of carbonyl (C=O) groups excluding carboxylic acids is 2. The molecule has 10 heteroatoms. The third-order valence-electron chi connectivity index (χ3n) is 5.31. The van der Waals surface area contributed by atoms with Gasteiger partial charge in [-0.25, -0.2) is 4.39 Å². The minimum Gasteiger partial charge on any atom is -0.402 e. The lowest BCUT2D eigenvalue weighted by Gasteiger charge is -2.35. The van der Waals surface area contributed by atoms with Crippen molar-refractivity contribution in [2.24, 2.45) is 10.7 Å². The molecular formula is C24H24F4N4O2. The number of aliphatic imine (C=N–C) groups is 1. The predicted molar refractivity (Wildman–Crippen MR) is 119 cm³/mol. The first-order chi connectivity index (χ1) is 16.0. The van der Waals surface area contributed by atoms with E-state index in [1.165, 1.54) is 30.3 Å². The Morgan fingerprint density at radius 2 is 1.85 bits per heavy atom. The Bertz CT molecular complexity index is 1140. The molecule has 1 aliphatic heterocycles. The molecule has 34 heavy (non-hydrogen) atoms. The lowest BCUT2D eigenvalue weighted by molar-refractivity contribution is -0.137. The van der Waals surface area contributed by atoms with Gasteiger partial charge in [0.15, 0.2) is 0 Å². The van der Waals surface area contributed by atoms with Crippen molar-refractivity contribution in [1.82, 2.24) is 10.6 Å². The molecule has 3 rings (SSSR count). The molecule has 1 heterocycles. The van der Waals surface area contributed by atoms with E-state index in [0.717, 1.165) is 12.1 Å². The molecule has 4 N–H and O–H groups in total. The summed E-state index contributed by atoms with van der Waals surface area (Å²) < 4.78 is 52.9. The number of halogens is 4. The van der Waals surface area contributed by atoms with Crippen LogP contribution in [0, 0.1) is 5.82 Å². The molecule has 0 spiro atoms. The van der Waals surface area contributed by atoms with Crippen LogP contribution in [0.2, 0.25) is 0 Å². The van der Waals surface area contributed by atoms with Gasteiger partial charge in [0.25, 0.3) is 5.91 Å². The Hall–Kier alpha value is -3.69. The number of amides is 2. The molecule has 2 atom stereocenters. The third kappa shape index (κ3) is 5.44. The van der Waals surface area contributed by atoms with Crippen LogP contribution in [0.15, 0.2) is 64.8 Å². The zero-order valence-electron chi connectivity index (χ0n) is 18.5. The van der Waals surface area contributed by atoms with E-state index in [9.17, 15) is 27.2 Å². The van der Waals surface area contributed by atoms with Crippen molar-refractivity contribution >= 4 is 17.6 Å². The predicted octanol–water partition coefficient (Wildman–Crippen LogP) is 3.90. The van der Waals surface area contributed by atoms with Gasteiger partial charge in [-0.2, -0.15) is 13.2 Å². The second-order valence-corrected chi connectivity index (χ2v) is 7.88. The molecule has 1 saturated heterocycles. The van der Waals surface area contributed by atoms with Crippen molar-refractivity contribution in [2.45, 2.75) is 38.4 Å². The Balaban J connectivity index is 2.05. The van der Waals surface area contributed by atoms with E-state index in [-0.39, 0.29) is 11.4 Å². The highest BCUT2D eigenvalue weighted by Gasteiger charge is 2.41. The van der Waals surface area contributed by atoms with Gasteiger partial charge >= 0.3 is 6.18 Å². The van der Waals surface area contributed by atoms with Crippen molar-refractivity contribution in [3.8, 4) is 0 Å². The van der Waals surface area contributed by atoms with Crippen molar-refractivity contribution in [3.63, 3.8) is 0 Å². The SMILES string of the molecule is CCCN=C1NC(=O)C(NC(=O)c2cccc(C(F)(F)F)c2)C(c2ccc(F)cc2)/C1=C(\C)N. The van der Waals surface area contributed by atoms with Crippen molar-refractivity contribution < 1.29 is 27.2 Å². The second-order valence-electron chi connectivity index (χ2n) is 7.88. The van der Waals surface area contributed by atoms with E-state index >= 15 is 0 Å². The van der Waals surface area contributed by atoms with E-state index in [1.54, 1.807) is 6.92 Å². The summed E-state index contributed by atoms with van der Waals surface area (Å²) in [5, 5.41) is 5.17. The van der Waals surface area contributed by atoms with E-state index in [4.69, 9.17) is 5.73 Å². The van der Waals surface area contributed by atoms with Crippen molar-refractivity contribution in [3.05, 3.63) is 82.3 Å². The van der Waals surface area contributed by atoms with Gasteiger partial charge in [-0.3, -0.25) is 14.6 Å². The van der Waals surface area contributed by atoms with Gasteiger partial charge in [-0.15, -0.1) is 0 Å². The molecule has 2 unspecified atom stereocenters. The lowest BCUT2D eigenvalue weighted by atomic mass is 9.79. The van der Waals surface area contributed by atoms with Gasteiger partial charge in [0.2, 0.25) is 5.91 Å². The molecule has 0 radical (unpaired) electrons. The molecule has 2 aromatic carbocycles. The second kappa shape index (κ2) is 10.1. The van der Waals surface area contributed by atoms with Crippen LogP contribution in [0.3, 0.4) is 0 Å². The molecule has 2 aromatic rings. The van der Waals surface area contributed by atoms with Crippen LogP contribution >= 0.6 is 0 Å². The number of nitrogens with zero attached hydrogens (tertiary/aromatic N) is 1. The fourth-order valence-electron chi connectivity index (χ4n) is 3.75. The number of hydrogen-bond donors (Lipinski definition) is 3. The molecule has 0 bridgehead atoms. The van der Waals surface area contributed by atoms with E-state index in [0.29, 0.717) is 35.9 Å². The van der Waals surface area contributed by atoms with Gasteiger partial charge in [0.1, 0.15) is 17.7 Å². The number of rotatable bonds is 5. The Morgan fingerprint density at radius 3 is 2.44 bits per heavy atom. The number of nitrogens with one attached hydrogen (secondary N) is 2. The van der Waals surface area contributed by atoms with Gasteiger partial charge in [0, 0.05) is 29.3 Å². The van der Waals surface area contributed by atoms with Crippen LogP contribution in [0.5, 0.6) is 0 Å². The quantitative estimate of drug-likeness (QED) is 0.571. The number of alkyl halides is 3. The number of hydrogen-bond acceptors (Lipinski definition) is 4. The minimum atomic E-state index is -4.63. The lowest BCUT2D eigenvalue weighted by Crippen LogP contribution is -2.57. The first-order valence-electron chi connectivity index (χ1n) is 10.6. The van der Waals surface area contributed by atoms with Gasteiger partial charge in [0.05, 0.1) is 5.56 Å². The summed E-state index contributed by atoms with van der Waals surface area (Å²) >= 11 is 0. The van der Waals surface area contributed by atoms with E-state index in [2.05, 4.69) is 15.6 Å². The average molecular weight is 476 g/mol. The molecular weight excluding hydrogens is 452 g/mol. The largest absolute Gasteiger partial charge is 0.416 e. The zero-order valence-corrected chi connectivity index (χ0v) is 18.5. The fraction of sp³-hybridized carbons (Fsp3) is 0.292. The van der Waals surface area contributed by atoms with Crippen molar-refractivity contribution in [1.29, 1.82) is 0 Å². The van der Waals surface area contributed by atoms with Crippen LogP contribution < -0.4 is 16.4 Å². The topological polar surface area (TPSA) is 96.6 Å². The van der Waals surface area contributed by atoms with Gasteiger partial charge < -0.3 is 16.4 Å². The van der Waals surface area contributed by atoms with Gasteiger partial charge in [-0.1, -0.05) is 25.1 Å². The van der Waals surface area contributed by atoms with E-state index < -0.39 is 41.3 Å². The summed E-state index contributed by atoms with van der Waals surface area (Å²) in [6.45, 7) is 3.92. The molecule has 0 saturated carbocycles. The first kappa shape index (κ1) is 24.9. The monoisotopic (exact) mass is 476 g/mol.